The smallest absolute Gasteiger partial charge is 0.303 e. The zero-order valence-corrected chi connectivity index (χ0v) is 8.24. The van der Waals surface area contributed by atoms with Gasteiger partial charge < -0.3 is 5.11 Å². The van der Waals surface area contributed by atoms with Gasteiger partial charge in [-0.15, -0.1) is 0 Å². The van der Waals surface area contributed by atoms with Crippen molar-refractivity contribution in [3.8, 4) is 0 Å². The number of rotatable bonds is 4. The van der Waals surface area contributed by atoms with Gasteiger partial charge in [0.1, 0.15) is 0 Å². The first-order chi connectivity index (χ1) is 6.59. The molecule has 1 aromatic carbocycles. The van der Waals surface area contributed by atoms with Crippen molar-refractivity contribution in [3.05, 3.63) is 29.8 Å². The van der Waals surface area contributed by atoms with E-state index in [2.05, 4.69) is 0 Å². The average Bonchev–Trinajstić information content (AvgIpc) is 2.15. The van der Waals surface area contributed by atoms with Crippen LogP contribution >= 0.6 is 0 Å². The van der Waals surface area contributed by atoms with E-state index in [9.17, 15) is 13.2 Å². The average molecular weight is 214 g/mol. The van der Waals surface area contributed by atoms with E-state index in [4.69, 9.17) is 5.11 Å². The number of hydrogen-bond donors (Lipinski definition) is 2. The summed E-state index contributed by atoms with van der Waals surface area (Å²) >= 11 is 0. The molecule has 14 heavy (non-hydrogen) atoms. The Balaban J connectivity index is 2.69. The van der Waals surface area contributed by atoms with Crippen molar-refractivity contribution < 1.29 is 18.3 Å². The standard InChI is InChI=1S/C9H10O4S/c10-9(11)6-3-7-1-4-8(5-2-7)14(12)13/h1-2,4-5,14H,3,6H2,(H,10,11). The monoisotopic (exact) mass is 214 g/mol. The van der Waals surface area contributed by atoms with Crippen LogP contribution in [0.5, 0.6) is 0 Å². The molecule has 1 rings (SSSR count). The maximum atomic E-state index is 10.5. The first kappa shape index (κ1) is 10.7. The van der Waals surface area contributed by atoms with E-state index in [0.717, 1.165) is 5.56 Å². The molecule has 0 aliphatic carbocycles. The Morgan fingerprint density at radius 2 is 1.79 bits per heavy atom. The van der Waals surface area contributed by atoms with Crippen molar-refractivity contribution in [3.63, 3.8) is 0 Å². The fourth-order valence-electron chi connectivity index (χ4n) is 1.04. The van der Waals surface area contributed by atoms with Crippen molar-refractivity contribution in [2.45, 2.75) is 17.7 Å². The highest BCUT2D eigenvalue weighted by atomic mass is 32.2. The highest BCUT2D eigenvalue weighted by molar-refractivity contribution is 7.72. The maximum absolute atomic E-state index is 10.5. The maximum Gasteiger partial charge on any atom is 0.303 e. The fourth-order valence-corrected chi connectivity index (χ4v) is 1.43. The van der Waals surface area contributed by atoms with Crippen LogP contribution in [0.3, 0.4) is 0 Å². The summed E-state index contributed by atoms with van der Waals surface area (Å²) in [6, 6.07) is 6.21. The number of carboxylic acid groups (broad SMARTS) is 1. The molecule has 1 aromatic rings. The van der Waals surface area contributed by atoms with Gasteiger partial charge in [0.15, 0.2) is 10.7 Å². The minimum absolute atomic E-state index is 0.0584. The van der Waals surface area contributed by atoms with Crippen LogP contribution in [-0.4, -0.2) is 19.5 Å². The Morgan fingerprint density at radius 1 is 1.21 bits per heavy atom. The van der Waals surface area contributed by atoms with Crippen molar-refractivity contribution in [2.75, 3.05) is 0 Å². The summed E-state index contributed by atoms with van der Waals surface area (Å²) in [6.07, 6.45) is 0.480. The molecule has 0 aromatic heterocycles. The zero-order valence-electron chi connectivity index (χ0n) is 7.34. The first-order valence-electron chi connectivity index (χ1n) is 4.04. The normalized spacial score (nSPS) is 10.4. The molecule has 0 heterocycles. The lowest BCUT2D eigenvalue weighted by atomic mass is 10.1. The summed E-state index contributed by atoms with van der Waals surface area (Å²) in [4.78, 5) is 10.5. The van der Waals surface area contributed by atoms with Gasteiger partial charge in [0, 0.05) is 6.42 Å². The third kappa shape index (κ3) is 3.18. The Kier molecular flexibility index (Phi) is 3.64. The van der Waals surface area contributed by atoms with Gasteiger partial charge in [0.25, 0.3) is 0 Å². The molecular weight excluding hydrogens is 204 g/mol. The van der Waals surface area contributed by atoms with Crippen molar-refractivity contribution in [2.24, 2.45) is 0 Å². The van der Waals surface area contributed by atoms with Crippen LogP contribution in [0, 0.1) is 0 Å². The van der Waals surface area contributed by atoms with Crippen LogP contribution in [0.1, 0.15) is 12.0 Å². The van der Waals surface area contributed by atoms with Crippen LogP contribution in [0.15, 0.2) is 29.2 Å². The number of hydrogen-bond acceptors (Lipinski definition) is 3. The van der Waals surface area contributed by atoms with Gasteiger partial charge in [-0.3, -0.25) is 4.79 Å². The summed E-state index contributed by atoms with van der Waals surface area (Å²) in [7, 11) is -2.55. The zero-order chi connectivity index (χ0) is 10.6. The summed E-state index contributed by atoms with van der Waals surface area (Å²) in [5, 5.41) is 8.42. The SMILES string of the molecule is O=C(O)CCc1ccc([SH](=O)=O)cc1. The molecule has 0 spiro atoms. The molecule has 5 heteroatoms. The molecule has 76 valence electrons. The van der Waals surface area contributed by atoms with Crippen molar-refractivity contribution in [1.29, 1.82) is 0 Å². The van der Waals surface area contributed by atoms with Gasteiger partial charge in [0.2, 0.25) is 0 Å². The third-order valence-corrected chi connectivity index (χ3v) is 2.49. The van der Waals surface area contributed by atoms with Crippen LogP contribution in [0.25, 0.3) is 0 Å². The van der Waals surface area contributed by atoms with Gasteiger partial charge in [0.05, 0.1) is 4.90 Å². The van der Waals surface area contributed by atoms with Gasteiger partial charge in [-0.25, -0.2) is 8.42 Å². The summed E-state index contributed by atoms with van der Waals surface area (Å²) in [6.45, 7) is 0. The van der Waals surface area contributed by atoms with E-state index in [1.807, 2.05) is 0 Å². The Bertz CT molecular complexity index is 384. The largest absolute Gasteiger partial charge is 0.481 e. The van der Waals surface area contributed by atoms with E-state index in [1.165, 1.54) is 12.1 Å². The highest BCUT2D eigenvalue weighted by Crippen LogP contribution is 2.07. The predicted octanol–water partition coefficient (Wildman–Crippen LogP) is 0.674. The van der Waals surface area contributed by atoms with Crippen LogP contribution < -0.4 is 0 Å². The number of carbonyl (C=O) groups is 1. The lowest BCUT2D eigenvalue weighted by Gasteiger charge is -1.98. The van der Waals surface area contributed by atoms with Crippen LogP contribution in [-0.2, 0) is 21.9 Å². The lowest BCUT2D eigenvalue weighted by Crippen LogP contribution is -1.97. The second-order valence-electron chi connectivity index (χ2n) is 2.82. The minimum Gasteiger partial charge on any atom is -0.481 e. The van der Waals surface area contributed by atoms with Gasteiger partial charge >= 0.3 is 5.97 Å². The molecule has 1 N–H and O–H groups in total. The minimum atomic E-state index is -2.55. The van der Waals surface area contributed by atoms with E-state index in [0.29, 0.717) is 6.42 Å². The topological polar surface area (TPSA) is 71.4 Å². The van der Waals surface area contributed by atoms with Crippen molar-refractivity contribution >= 4 is 16.7 Å². The van der Waals surface area contributed by atoms with Crippen LogP contribution in [0.4, 0.5) is 0 Å². The molecule has 0 radical (unpaired) electrons. The molecular formula is C9H10O4S. The second-order valence-corrected chi connectivity index (χ2v) is 3.85. The van der Waals surface area contributed by atoms with Crippen LogP contribution in [0.2, 0.25) is 0 Å². The Hall–Kier alpha value is -1.36. The molecule has 4 nitrogen and oxygen atoms in total. The number of benzene rings is 1. The number of aliphatic carboxylic acids is 1. The highest BCUT2D eigenvalue weighted by Gasteiger charge is 1.99. The molecule has 0 aliphatic rings. The van der Waals surface area contributed by atoms with Crippen molar-refractivity contribution in [1.82, 2.24) is 0 Å². The Morgan fingerprint density at radius 3 is 2.21 bits per heavy atom. The molecule has 0 saturated carbocycles. The third-order valence-electron chi connectivity index (χ3n) is 1.77. The van der Waals surface area contributed by atoms with E-state index >= 15 is 0 Å². The van der Waals surface area contributed by atoms with E-state index in [-0.39, 0.29) is 11.3 Å². The van der Waals surface area contributed by atoms with Gasteiger partial charge in [-0.1, -0.05) is 12.1 Å². The van der Waals surface area contributed by atoms with E-state index in [1.54, 1.807) is 12.1 Å². The molecule has 0 aliphatic heterocycles. The summed E-state index contributed by atoms with van der Waals surface area (Å²) in [5.41, 5.74) is 0.827. The molecule has 0 fully saturated rings. The molecule has 0 bridgehead atoms. The number of carboxylic acids is 1. The molecule has 0 unspecified atom stereocenters. The first-order valence-corrected chi connectivity index (χ1v) is 5.22. The number of thiol groups is 1. The fraction of sp³-hybridized carbons (Fsp3) is 0.222. The summed E-state index contributed by atoms with van der Waals surface area (Å²) in [5.74, 6) is -0.857. The van der Waals surface area contributed by atoms with E-state index < -0.39 is 16.7 Å². The molecule has 0 atom stereocenters. The quantitative estimate of drug-likeness (QED) is 0.723. The summed E-state index contributed by atoms with van der Waals surface area (Å²) < 4.78 is 21.0. The molecule has 0 amide bonds. The van der Waals surface area contributed by atoms with Gasteiger partial charge in [-0.2, -0.15) is 0 Å². The number of aryl methyl sites for hydroxylation is 1. The van der Waals surface area contributed by atoms with Gasteiger partial charge in [-0.05, 0) is 24.1 Å². The molecule has 0 saturated heterocycles. The lowest BCUT2D eigenvalue weighted by molar-refractivity contribution is -0.136. The Labute approximate surface area is 83.1 Å². The predicted molar refractivity (Wildman–Crippen MR) is 51.0 cm³/mol. The second kappa shape index (κ2) is 4.76.